The molecule has 3 aromatic rings. The molecule has 4 aliphatic carbocycles. The van der Waals surface area contributed by atoms with Crippen molar-refractivity contribution in [2.45, 2.75) is 50.6 Å². The van der Waals surface area contributed by atoms with E-state index < -0.39 is 11.2 Å². The van der Waals surface area contributed by atoms with E-state index >= 15 is 0 Å². The van der Waals surface area contributed by atoms with E-state index in [1.165, 1.54) is 10.7 Å². The predicted molar refractivity (Wildman–Crippen MR) is 129 cm³/mol. The van der Waals surface area contributed by atoms with Crippen molar-refractivity contribution in [3.8, 4) is 0 Å². The number of nitrogens with one attached hydrogen (secondary N) is 1. The summed E-state index contributed by atoms with van der Waals surface area (Å²) in [5.74, 6) is 0.773. The van der Waals surface area contributed by atoms with Crippen LogP contribution in [-0.2, 0) is 16.9 Å². The van der Waals surface area contributed by atoms with Crippen molar-refractivity contribution in [1.29, 1.82) is 0 Å². The summed E-state index contributed by atoms with van der Waals surface area (Å²) in [6, 6.07) is 4.54. The first-order valence-corrected chi connectivity index (χ1v) is 12.9. The van der Waals surface area contributed by atoms with Crippen LogP contribution in [-0.4, -0.2) is 30.5 Å². The van der Waals surface area contributed by atoms with Gasteiger partial charge in [0.2, 0.25) is 10.6 Å². The van der Waals surface area contributed by atoms with Crippen molar-refractivity contribution in [1.82, 2.24) is 24.5 Å². The maximum Gasteiger partial charge on any atom is 0.231 e. The number of anilines is 1. The van der Waals surface area contributed by atoms with E-state index in [0.717, 1.165) is 38.5 Å². The van der Waals surface area contributed by atoms with Gasteiger partial charge in [-0.1, -0.05) is 29.3 Å². The summed E-state index contributed by atoms with van der Waals surface area (Å²) in [6.07, 6.45) is 8.99. The molecule has 178 valence electrons. The van der Waals surface area contributed by atoms with Crippen LogP contribution in [0.25, 0.3) is 0 Å². The largest absolute Gasteiger partial charge is 0.307 e. The van der Waals surface area contributed by atoms with Crippen LogP contribution in [0, 0.1) is 23.1 Å². The number of hydrogen-bond acceptors (Lipinski definition) is 4. The van der Waals surface area contributed by atoms with Gasteiger partial charge in [0.25, 0.3) is 0 Å². The van der Waals surface area contributed by atoms with Gasteiger partial charge in [0, 0.05) is 16.8 Å². The van der Waals surface area contributed by atoms with Crippen molar-refractivity contribution in [2.24, 2.45) is 17.3 Å². The molecule has 0 spiro atoms. The Labute approximate surface area is 214 Å². The highest BCUT2D eigenvalue weighted by atomic mass is 79.9. The SMILES string of the molecule is O=C(Nc1nn(Cc2c(F)cccc2Cl)cc1Cl)C12CC3CC(C1)CC(n1cnc(Br)n1)(C3)C2. The van der Waals surface area contributed by atoms with Crippen molar-refractivity contribution in [3.05, 3.63) is 56.9 Å². The molecule has 0 saturated heterocycles. The molecule has 4 aliphatic rings. The second-order valence-electron chi connectivity index (χ2n) is 10.1. The zero-order valence-corrected chi connectivity index (χ0v) is 21.2. The highest BCUT2D eigenvalue weighted by Crippen LogP contribution is 2.64. The smallest absolute Gasteiger partial charge is 0.231 e. The molecule has 1 N–H and O–H groups in total. The lowest BCUT2D eigenvalue weighted by Crippen LogP contribution is -2.60. The fraction of sp³-hybridized carbons (Fsp3) is 0.478. The highest BCUT2D eigenvalue weighted by molar-refractivity contribution is 9.10. The molecule has 0 aliphatic heterocycles. The highest BCUT2D eigenvalue weighted by Gasteiger charge is 2.61. The Bertz CT molecular complexity index is 1260. The topological polar surface area (TPSA) is 77.6 Å². The number of rotatable bonds is 5. The molecule has 7 rings (SSSR count). The van der Waals surface area contributed by atoms with Gasteiger partial charge in [0.15, 0.2) is 5.82 Å². The van der Waals surface area contributed by atoms with E-state index in [2.05, 4.69) is 36.4 Å². The van der Waals surface area contributed by atoms with E-state index in [0.29, 0.717) is 32.2 Å². The standard InChI is InChI=1S/C23H22BrCl2FN6O/c24-21-28-12-33(31-21)23-7-13-4-14(8-23)6-22(5-13,11-23)20(34)29-19-17(26)10-32(30-19)9-15-16(25)2-1-3-18(15)27/h1-3,10,12-14H,4-9,11H2,(H,29,30,34). The van der Waals surface area contributed by atoms with Gasteiger partial charge < -0.3 is 5.32 Å². The number of amides is 1. The van der Waals surface area contributed by atoms with Gasteiger partial charge in [0.1, 0.15) is 17.2 Å². The van der Waals surface area contributed by atoms with E-state index in [1.54, 1.807) is 24.7 Å². The fourth-order valence-electron chi connectivity index (χ4n) is 6.87. The molecular weight excluding hydrogens is 546 g/mol. The van der Waals surface area contributed by atoms with Gasteiger partial charge in [-0.3, -0.25) is 9.48 Å². The number of hydrogen-bond donors (Lipinski definition) is 1. The summed E-state index contributed by atoms with van der Waals surface area (Å²) in [5, 5.41) is 12.6. The number of carbonyl (C=O) groups excluding carboxylic acids is 1. The van der Waals surface area contributed by atoms with Gasteiger partial charge in [-0.2, -0.15) is 5.10 Å². The van der Waals surface area contributed by atoms with Crippen LogP contribution in [0.4, 0.5) is 10.2 Å². The summed E-state index contributed by atoms with van der Waals surface area (Å²) in [4.78, 5) is 18.0. The van der Waals surface area contributed by atoms with Crippen LogP contribution in [0.1, 0.15) is 44.1 Å². The fourth-order valence-corrected chi connectivity index (χ4v) is 7.55. The maximum absolute atomic E-state index is 14.2. The molecule has 7 nitrogen and oxygen atoms in total. The Kier molecular flexibility index (Phi) is 5.31. The average molecular weight is 568 g/mol. The molecular formula is C23H22BrCl2FN6O. The first-order valence-electron chi connectivity index (χ1n) is 11.3. The molecule has 34 heavy (non-hydrogen) atoms. The van der Waals surface area contributed by atoms with Crippen LogP contribution >= 0.6 is 39.1 Å². The van der Waals surface area contributed by atoms with E-state index in [-0.39, 0.29) is 23.8 Å². The third-order valence-electron chi connectivity index (χ3n) is 7.79. The lowest BCUT2D eigenvalue weighted by Gasteiger charge is -2.60. The maximum atomic E-state index is 14.2. The molecule has 0 radical (unpaired) electrons. The number of benzene rings is 1. The van der Waals surface area contributed by atoms with Gasteiger partial charge in [-0.25, -0.2) is 14.1 Å². The third kappa shape index (κ3) is 3.67. The number of aromatic nitrogens is 5. The zero-order chi connectivity index (χ0) is 23.7. The molecule has 2 unspecified atom stereocenters. The van der Waals surface area contributed by atoms with E-state index in [4.69, 9.17) is 23.2 Å². The Morgan fingerprint density at radius 2 is 1.94 bits per heavy atom. The summed E-state index contributed by atoms with van der Waals surface area (Å²) in [6.45, 7) is 0.112. The minimum Gasteiger partial charge on any atom is -0.307 e. The van der Waals surface area contributed by atoms with Crippen molar-refractivity contribution in [2.75, 3.05) is 5.32 Å². The van der Waals surface area contributed by atoms with Gasteiger partial charge in [-0.15, -0.1) is 5.10 Å². The number of carbonyl (C=O) groups is 1. The van der Waals surface area contributed by atoms with E-state index in [9.17, 15) is 9.18 Å². The van der Waals surface area contributed by atoms with Gasteiger partial charge >= 0.3 is 0 Å². The zero-order valence-electron chi connectivity index (χ0n) is 18.1. The number of nitrogens with zero attached hydrogens (tertiary/aromatic N) is 5. The Morgan fingerprint density at radius 1 is 1.18 bits per heavy atom. The average Bonchev–Trinajstić information content (AvgIpc) is 3.36. The molecule has 4 fully saturated rings. The molecule has 1 aromatic carbocycles. The summed E-state index contributed by atoms with van der Waals surface area (Å²) < 4.78 is 18.2. The van der Waals surface area contributed by atoms with Crippen molar-refractivity contribution in [3.63, 3.8) is 0 Å². The summed E-state index contributed by atoms with van der Waals surface area (Å²) in [5.41, 5.74) is -0.362. The number of halogens is 4. The second-order valence-corrected chi connectivity index (χ2v) is 11.6. The first kappa shape index (κ1) is 22.5. The van der Waals surface area contributed by atoms with Crippen molar-refractivity contribution >= 4 is 50.9 Å². The summed E-state index contributed by atoms with van der Waals surface area (Å²) >= 11 is 15.9. The Hall–Kier alpha value is -1.97. The van der Waals surface area contributed by atoms with Crippen LogP contribution in [0.2, 0.25) is 10.0 Å². The van der Waals surface area contributed by atoms with Crippen LogP contribution in [0.3, 0.4) is 0 Å². The monoisotopic (exact) mass is 566 g/mol. The first-order chi connectivity index (χ1) is 16.3. The van der Waals surface area contributed by atoms with Crippen LogP contribution in [0.15, 0.2) is 35.5 Å². The molecule has 2 aromatic heterocycles. The molecule has 4 bridgehead atoms. The minimum atomic E-state index is -0.496. The molecule has 2 heterocycles. The Balaban J connectivity index is 1.25. The molecule has 1 amide bonds. The molecule has 11 heteroatoms. The molecule has 2 atom stereocenters. The van der Waals surface area contributed by atoms with Gasteiger partial charge in [-0.05, 0) is 78.4 Å². The second kappa shape index (κ2) is 8.03. The van der Waals surface area contributed by atoms with Gasteiger partial charge in [0.05, 0.1) is 17.5 Å². The lowest BCUT2D eigenvalue weighted by molar-refractivity contribution is -0.150. The quantitative estimate of drug-likeness (QED) is 0.431. The van der Waals surface area contributed by atoms with Crippen LogP contribution in [0.5, 0.6) is 0 Å². The van der Waals surface area contributed by atoms with Crippen LogP contribution < -0.4 is 5.32 Å². The Morgan fingerprint density at radius 3 is 2.62 bits per heavy atom. The third-order valence-corrected chi connectivity index (χ3v) is 8.79. The lowest BCUT2D eigenvalue weighted by atomic mass is 9.46. The summed E-state index contributed by atoms with van der Waals surface area (Å²) in [7, 11) is 0. The normalized spacial score (nSPS) is 29.5. The minimum absolute atomic E-state index is 0.0544. The van der Waals surface area contributed by atoms with E-state index in [1.807, 2.05) is 4.68 Å². The predicted octanol–water partition coefficient (Wildman–Crippen LogP) is 5.67. The van der Waals surface area contributed by atoms with Crippen molar-refractivity contribution < 1.29 is 9.18 Å². The molecule has 4 saturated carbocycles.